The molecule has 1 heterocycles. The molecule has 1 saturated heterocycles. The van der Waals surface area contributed by atoms with Crippen molar-refractivity contribution in [1.82, 2.24) is 20.4 Å². The first kappa shape index (κ1) is 23.3. The lowest BCUT2D eigenvalue weighted by Gasteiger charge is -2.33. The number of likely N-dealkylation sites (tertiary alicyclic amines) is 1. The summed E-state index contributed by atoms with van der Waals surface area (Å²) in [6.07, 6.45) is 2.13. The Bertz CT molecular complexity index is 669. The number of hydrogen-bond donors (Lipinski definition) is 2. The van der Waals surface area contributed by atoms with Crippen molar-refractivity contribution in [2.24, 2.45) is 4.99 Å². The molecule has 1 amide bonds. The van der Waals surface area contributed by atoms with Gasteiger partial charge in [-0.3, -0.25) is 9.69 Å². The Hall–Kier alpha value is -1.99. The molecule has 0 saturated carbocycles. The van der Waals surface area contributed by atoms with E-state index in [2.05, 4.69) is 58.3 Å². The number of rotatable bonds is 9. The Balaban J connectivity index is 1.83. The number of benzene rings is 1. The first-order valence-electron chi connectivity index (χ1n) is 10.2. The number of nitrogens with one attached hydrogen (secondary N) is 2. The van der Waals surface area contributed by atoms with Crippen LogP contribution < -0.4 is 10.6 Å². The average molecular weight is 418 g/mol. The van der Waals surface area contributed by atoms with Crippen LogP contribution in [0.4, 0.5) is 0 Å². The Morgan fingerprint density at radius 1 is 1.28 bits per heavy atom. The summed E-state index contributed by atoms with van der Waals surface area (Å²) in [5.41, 5.74) is 1.21. The number of hydrogen-bond acceptors (Lipinski definition) is 4. The van der Waals surface area contributed by atoms with Gasteiger partial charge in [-0.25, -0.2) is 4.99 Å². The van der Waals surface area contributed by atoms with Crippen LogP contribution in [0.5, 0.6) is 0 Å². The van der Waals surface area contributed by atoms with Gasteiger partial charge in [-0.2, -0.15) is 0 Å². The summed E-state index contributed by atoms with van der Waals surface area (Å²) in [5, 5.41) is 6.93. The van der Waals surface area contributed by atoms with E-state index in [9.17, 15) is 4.79 Å². The van der Waals surface area contributed by atoms with Crippen molar-refractivity contribution < 1.29 is 4.79 Å². The standard InChI is InChI=1S/C22H35N5OS/c1-18(2)17-27-13-10-19(11-14-27)25-22(24-16-21(28)26(3)4)23-12-15-29-20-8-6-5-7-9-20/h5-9,19H,1,10-17H2,2-4H3,(H2,23,24,25). The van der Waals surface area contributed by atoms with Gasteiger partial charge in [0.2, 0.25) is 5.91 Å². The summed E-state index contributed by atoms with van der Waals surface area (Å²) in [4.78, 5) is 21.7. The third-order valence-corrected chi connectivity index (χ3v) is 5.71. The molecule has 29 heavy (non-hydrogen) atoms. The lowest BCUT2D eigenvalue weighted by Crippen LogP contribution is -2.49. The van der Waals surface area contributed by atoms with Gasteiger partial charge in [0, 0.05) is 57.0 Å². The quantitative estimate of drug-likeness (QED) is 0.212. The normalized spacial score (nSPS) is 15.8. The minimum absolute atomic E-state index is 0.000961. The number of likely N-dealkylation sites (N-methyl/N-ethyl adjacent to an activating group) is 1. The fraction of sp³-hybridized carbons (Fsp3) is 0.545. The van der Waals surface area contributed by atoms with Crippen molar-refractivity contribution in [3.8, 4) is 0 Å². The highest BCUT2D eigenvalue weighted by atomic mass is 32.2. The van der Waals surface area contributed by atoms with Gasteiger partial charge in [-0.1, -0.05) is 30.4 Å². The highest BCUT2D eigenvalue weighted by Crippen LogP contribution is 2.16. The maximum Gasteiger partial charge on any atom is 0.243 e. The molecule has 0 spiro atoms. The van der Waals surface area contributed by atoms with Crippen molar-refractivity contribution in [1.29, 1.82) is 0 Å². The van der Waals surface area contributed by atoms with Gasteiger partial charge in [0.1, 0.15) is 6.54 Å². The predicted octanol–water partition coefficient (Wildman–Crippen LogP) is 2.44. The van der Waals surface area contributed by atoms with E-state index in [4.69, 9.17) is 0 Å². The van der Waals surface area contributed by atoms with Gasteiger partial charge >= 0.3 is 0 Å². The number of carbonyl (C=O) groups is 1. The number of thioether (sulfide) groups is 1. The van der Waals surface area contributed by atoms with Crippen LogP contribution in [-0.2, 0) is 4.79 Å². The van der Waals surface area contributed by atoms with E-state index in [1.807, 2.05) is 17.8 Å². The molecule has 7 heteroatoms. The number of guanidine groups is 1. The molecule has 0 aliphatic carbocycles. The summed E-state index contributed by atoms with van der Waals surface area (Å²) in [6, 6.07) is 10.7. The van der Waals surface area contributed by atoms with Gasteiger partial charge < -0.3 is 15.5 Å². The SMILES string of the molecule is C=C(C)CN1CCC(NC(=NCC(=O)N(C)C)NCCSc2ccccc2)CC1. The topological polar surface area (TPSA) is 60.0 Å². The molecule has 1 aliphatic rings. The van der Waals surface area contributed by atoms with Crippen LogP contribution in [0.1, 0.15) is 19.8 Å². The van der Waals surface area contributed by atoms with E-state index in [-0.39, 0.29) is 12.5 Å². The van der Waals surface area contributed by atoms with Gasteiger partial charge in [0.25, 0.3) is 0 Å². The largest absolute Gasteiger partial charge is 0.356 e. The molecule has 2 rings (SSSR count). The third kappa shape index (κ3) is 9.37. The molecule has 0 radical (unpaired) electrons. The summed E-state index contributed by atoms with van der Waals surface area (Å²) >= 11 is 1.81. The number of nitrogens with zero attached hydrogens (tertiary/aromatic N) is 3. The number of amides is 1. The van der Waals surface area contributed by atoms with Crippen molar-refractivity contribution in [3.05, 3.63) is 42.5 Å². The van der Waals surface area contributed by atoms with Crippen LogP contribution in [-0.4, -0.2) is 80.3 Å². The molecular weight excluding hydrogens is 382 g/mol. The second-order valence-corrected chi connectivity index (χ2v) is 8.86. The zero-order valence-corrected chi connectivity index (χ0v) is 18.8. The first-order valence-corrected chi connectivity index (χ1v) is 11.2. The van der Waals surface area contributed by atoms with E-state index in [1.165, 1.54) is 10.5 Å². The monoisotopic (exact) mass is 417 g/mol. The molecule has 0 aromatic heterocycles. The zero-order chi connectivity index (χ0) is 21.1. The Labute approximate surface area is 179 Å². The second-order valence-electron chi connectivity index (χ2n) is 7.69. The summed E-state index contributed by atoms with van der Waals surface area (Å²) in [6.45, 7) is 10.1. The molecule has 1 aromatic carbocycles. The van der Waals surface area contributed by atoms with Crippen LogP contribution in [0.25, 0.3) is 0 Å². The fourth-order valence-electron chi connectivity index (χ4n) is 3.11. The molecule has 0 atom stereocenters. The minimum atomic E-state index is 0.000961. The van der Waals surface area contributed by atoms with E-state index in [0.717, 1.165) is 50.7 Å². The summed E-state index contributed by atoms with van der Waals surface area (Å²) < 4.78 is 0. The Morgan fingerprint density at radius 2 is 1.97 bits per heavy atom. The van der Waals surface area contributed by atoms with Gasteiger partial charge in [0.15, 0.2) is 5.96 Å². The Kier molecular flexibility index (Phi) is 10.1. The van der Waals surface area contributed by atoms with E-state index in [1.54, 1.807) is 19.0 Å². The maximum absolute atomic E-state index is 11.9. The van der Waals surface area contributed by atoms with Crippen LogP contribution >= 0.6 is 11.8 Å². The lowest BCUT2D eigenvalue weighted by atomic mass is 10.0. The lowest BCUT2D eigenvalue weighted by molar-refractivity contribution is -0.127. The highest BCUT2D eigenvalue weighted by Gasteiger charge is 2.20. The van der Waals surface area contributed by atoms with Crippen molar-refractivity contribution in [3.63, 3.8) is 0 Å². The van der Waals surface area contributed by atoms with Crippen molar-refractivity contribution in [2.75, 3.05) is 52.6 Å². The molecule has 1 aliphatic heterocycles. The number of carbonyl (C=O) groups excluding carboxylic acids is 1. The zero-order valence-electron chi connectivity index (χ0n) is 18.0. The molecule has 1 fully saturated rings. The molecule has 2 N–H and O–H groups in total. The first-order chi connectivity index (χ1) is 13.9. The smallest absolute Gasteiger partial charge is 0.243 e. The molecule has 0 unspecified atom stereocenters. The molecular formula is C22H35N5OS. The van der Waals surface area contributed by atoms with E-state index >= 15 is 0 Å². The highest BCUT2D eigenvalue weighted by molar-refractivity contribution is 7.99. The Morgan fingerprint density at radius 3 is 2.59 bits per heavy atom. The summed E-state index contributed by atoms with van der Waals surface area (Å²) in [7, 11) is 3.51. The molecule has 6 nitrogen and oxygen atoms in total. The second kappa shape index (κ2) is 12.5. The predicted molar refractivity (Wildman–Crippen MR) is 124 cm³/mol. The fourth-order valence-corrected chi connectivity index (χ4v) is 3.90. The average Bonchev–Trinajstić information content (AvgIpc) is 2.70. The summed E-state index contributed by atoms with van der Waals surface area (Å²) in [5.74, 6) is 1.66. The molecule has 160 valence electrons. The van der Waals surface area contributed by atoms with Crippen molar-refractivity contribution >= 4 is 23.6 Å². The molecule has 0 bridgehead atoms. The molecule has 1 aromatic rings. The number of aliphatic imine (C=N–C) groups is 1. The maximum atomic E-state index is 11.9. The van der Waals surface area contributed by atoms with Gasteiger partial charge in [0.05, 0.1) is 0 Å². The minimum Gasteiger partial charge on any atom is -0.356 e. The van der Waals surface area contributed by atoms with Crippen LogP contribution in [0, 0.1) is 0 Å². The van der Waals surface area contributed by atoms with E-state index in [0.29, 0.717) is 6.04 Å². The third-order valence-electron chi connectivity index (χ3n) is 4.70. The van der Waals surface area contributed by atoms with E-state index < -0.39 is 0 Å². The van der Waals surface area contributed by atoms with Crippen LogP contribution in [0.15, 0.2) is 52.4 Å². The van der Waals surface area contributed by atoms with Gasteiger partial charge in [-0.05, 0) is 31.9 Å². The van der Waals surface area contributed by atoms with Crippen molar-refractivity contribution in [2.45, 2.75) is 30.7 Å². The number of piperidine rings is 1. The van der Waals surface area contributed by atoms with Gasteiger partial charge in [-0.15, -0.1) is 11.8 Å². The van der Waals surface area contributed by atoms with Crippen LogP contribution in [0.2, 0.25) is 0 Å². The van der Waals surface area contributed by atoms with Crippen LogP contribution in [0.3, 0.4) is 0 Å².